The zero-order chi connectivity index (χ0) is 25.9. The van der Waals surface area contributed by atoms with Crippen molar-refractivity contribution in [1.29, 1.82) is 0 Å². The lowest BCUT2D eigenvalue weighted by molar-refractivity contribution is -0.137. The first kappa shape index (κ1) is 25.6. The van der Waals surface area contributed by atoms with Gasteiger partial charge in [-0.1, -0.05) is 11.6 Å². The SMILES string of the molecule is O=C(NC1CCN(C(=O)Nc2ccc(C(F)(F)F)cc2)CC1)O[C@@H]1CCN(c2cn[nH]c(=O)c2Cl)C1. The van der Waals surface area contributed by atoms with Crippen molar-refractivity contribution in [3.63, 3.8) is 0 Å². The molecule has 0 bridgehead atoms. The topological polar surface area (TPSA) is 120 Å². The van der Waals surface area contributed by atoms with Crippen molar-refractivity contribution >= 4 is 35.1 Å². The largest absolute Gasteiger partial charge is 0.444 e. The molecule has 0 aliphatic carbocycles. The molecule has 1 atom stereocenters. The van der Waals surface area contributed by atoms with Gasteiger partial charge in [0.15, 0.2) is 0 Å². The Morgan fingerprint density at radius 2 is 1.81 bits per heavy atom. The van der Waals surface area contributed by atoms with Gasteiger partial charge in [0.05, 0.1) is 24.0 Å². The number of anilines is 2. The van der Waals surface area contributed by atoms with Crippen LogP contribution < -0.4 is 21.1 Å². The molecule has 14 heteroatoms. The fourth-order valence-corrected chi connectivity index (χ4v) is 4.37. The molecular formula is C22H24ClF3N6O4. The van der Waals surface area contributed by atoms with Crippen LogP contribution in [0.25, 0.3) is 0 Å². The molecule has 194 valence electrons. The number of nitrogens with zero attached hydrogens (tertiary/aromatic N) is 3. The molecule has 2 saturated heterocycles. The number of rotatable bonds is 4. The number of halogens is 4. The molecule has 1 aromatic carbocycles. The summed E-state index contributed by atoms with van der Waals surface area (Å²) in [5.41, 5.74) is -0.537. The third-order valence-corrected chi connectivity index (χ3v) is 6.47. The number of aromatic amines is 1. The molecule has 36 heavy (non-hydrogen) atoms. The highest BCUT2D eigenvalue weighted by Gasteiger charge is 2.31. The lowest BCUT2D eigenvalue weighted by atomic mass is 10.1. The highest BCUT2D eigenvalue weighted by molar-refractivity contribution is 6.33. The fraction of sp³-hybridized carbons (Fsp3) is 0.455. The minimum Gasteiger partial charge on any atom is -0.444 e. The predicted molar refractivity (Wildman–Crippen MR) is 125 cm³/mol. The molecule has 0 unspecified atom stereocenters. The van der Waals surface area contributed by atoms with E-state index in [2.05, 4.69) is 20.8 Å². The van der Waals surface area contributed by atoms with Crippen LogP contribution in [0.5, 0.6) is 0 Å². The average Bonchev–Trinajstić information content (AvgIpc) is 3.29. The quantitative estimate of drug-likeness (QED) is 0.559. The van der Waals surface area contributed by atoms with Gasteiger partial charge in [0.1, 0.15) is 11.1 Å². The number of nitrogens with one attached hydrogen (secondary N) is 3. The molecule has 4 rings (SSSR count). The maximum absolute atomic E-state index is 12.7. The highest BCUT2D eigenvalue weighted by atomic mass is 35.5. The van der Waals surface area contributed by atoms with Crippen LogP contribution in [0.3, 0.4) is 0 Å². The van der Waals surface area contributed by atoms with Crippen LogP contribution >= 0.6 is 11.6 Å². The van der Waals surface area contributed by atoms with Crippen LogP contribution in [-0.4, -0.2) is 65.5 Å². The number of carbonyl (C=O) groups excluding carboxylic acids is 2. The van der Waals surface area contributed by atoms with Crippen molar-refractivity contribution in [2.75, 3.05) is 36.4 Å². The second kappa shape index (κ2) is 10.6. The number of alkyl halides is 3. The first-order chi connectivity index (χ1) is 17.1. The van der Waals surface area contributed by atoms with E-state index in [1.165, 1.54) is 23.2 Å². The minimum absolute atomic E-state index is 0.0317. The third-order valence-electron chi connectivity index (χ3n) is 6.10. The zero-order valence-corrected chi connectivity index (χ0v) is 19.7. The second-order valence-corrected chi connectivity index (χ2v) is 8.95. The Balaban J connectivity index is 1.19. The number of hydrogen-bond donors (Lipinski definition) is 3. The third kappa shape index (κ3) is 6.20. The summed E-state index contributed by atoms with van der Waals surface area (Å²) >= 11 is 6.04. The summed E-state index contributed by atoms with van der Waals surface area (Å²) in [6.07, 6.45) is -2.36. The number of H-pyrrole nitrogens is 1. The van der Waals surface area contributed by atoms with Crippen LogP contribution in [0, 0.1) is 0 Å². The van der Waals surface area contributed by atoms with Crippen LogP contribution in [-0.2, 0) is 10.9 Å². The highest BCUT2D eigenvalue weighted by Crippen LogP contribution is 2.30. The van der Waals surface area contributed by atoms with Gasteiger partial charge in [0.2, 0.25) is 0 Å². The standard InChI is InChI=1S/C22H24ClF3N6O4/c23-18-17(11-27-30-19(18)33)32-10-7-16(12-32)36-21(35)29-15-5-8-31(9-6-15)20(34)28-14-3-1-13(2-4-14)22(24,25)26/h1-4,11,15-16H,5-10,12H2,(H,28,34)(H,29,35)(H,30,33)/t16-/m1/s1. The predicted octanol–water partition coefficient (Wildman–Crippen LogP) is 3.44. The maximum atomic E-state index is 12.7. The van der Waals surface area contributed by atoms with Crippen molar-refractivity contribution in [2.24, 2.45) is 0 Å². The lowest BCUT2D eigenvalue weighted by Gasteiger charge is -2.32. The fourth-order valence-electron chi connectivity index (χ4n) is 4.16. The van der Waals surface area contributed by atoms with Gasteiger partial charge in [-0.25, -0.2) is 14.7 Å². The van der Waals surface area contributed by atoms with Gasteiger partial charge in [-0.15, -0.1) is 0 Å². The Morgan fingerprint density at radius 3 is 2.47 bits per heavy atom. The van der Waals surface area contributed by atoms with Crippen molar-refractivity contribution in [3.05, 3.63) is 51.4 Å². The first-order valence-corrected chi connectivity index (χ1v) is 11.7. The number of urea groups is 1. The van der Waals surface area contributed by atoms with E-state index in [-0.39, 0.29) is 22.9 Å². The van der Waals surface area contributed by atoms with Gasteiger partial charge in [0, 0.05) is 37.8 Å². The summed E-state index contributed by atoms with van der Waals surface area (Å²) in [7, 11) is 0. The van der Waals surface area contributed by atoms with Gasteiger partial charge in [-0.3, -0.25) is 4.79 Å². The number of aromatic nitrogens is 2. The van der Waals surface area contributed by atoms with E-state index in [4.69, 9.17) is 16.3 Å². The Labute approximate surface area is 208 Å². The first-order valence-electron chi connectivity index (χ1n) is 11.3. The normalized spacial score (nSPS) is 18.7. The summed E-state index contributed by atoms with van der Waals surface area (Å²) < 4.78 is 43.5. The number of piperidine rings is 1. The van der Waals surface area contributed by atoms with E-state index in [1.807, 2.05) is 4.90 Å². The number of benzene rings is 1. The van der Waals surface area contributed by atoms with E-state index < -0.39 is 29.4 Å². The molecule has 2 aromatic rings. The van der Waals surface area contributed by atoms with E-state index in [0.29, 0.717) is 51.1 Å². The van der Waals surface area contributed by atoms with Crippen molar-refractivity contribution in [3.8, 4) is 0 Å². The molecule has 3 heterocycles. The van der Waals surface area contributed by atoms with E-state index in [9.17, 15) is 27.6 Å². The molecule has 10 nitrogen and oxygen atoms in total. The molecule has 0 radical (unpaired) electrons. The van der Waals surface area contributed by atoms with Gasteiger partial charge < -0.3 is 25.2 Å². The molecule has 3 amide bonds. The molecule has 1 aromatic heterocycles. The number of hydrogen-bond acceptors (Lipinski definition) is 6. The minimum atomic E-state index is -4.44. The molecule has 2 aliphatic rings. The number of carbonyl (C=O) groups is 2. The summed E-state index contributed by atoms with van der Waals surface area (Å²) in [6.45, 7) is 1.65. The Morgan fingerprint density at radius 1 is 1.11 bits per heavy atom. The maximum Gasteiger partial charge on any atom is 0.416 e. The van der Waals surface area contributed by atoms with E-state index in [1.54, 1.807) is 0 Å². The van der Waals surface area contributed by atoms with E-state index >= 15 is 0 Å². The molecule has 0 spiro atoms. The Kier molecular flexibility index (Phi) is 7.57. The molecule has 3 N–H and O–H groups in total. The van der Waals surface area contributed by atoms with Crippen LogP contribution in [0.15, 0.2) is 35.3 Å². The van der Waals surface area contributed by atoms with Gasteiger partial charge in [-0.05, 0) is 37.1 Å². The smallest absolute Gasteiger partial charge is 0.416 e. The Bertz CT molecular complexity index is 1150. The van der Waals surface area contributed by atoms with Crippen molar-refractivity contribution < 1.29 is 27.5 Å². The van der Waals surface area contributed by atoms with Crippen molar-refractivity contribution in [1.82, 2.24) is 20.4 Å². The van der Waals surface area contributed by atoms with Crippen LogP contribution in [0.1, 0.15) is 24.8 Å². The van der Waals surface area contributed by atoms with Gasteiger partial charge in [-0.2, -0.15) is 18.3 Å². The van der Waals surface area contributed by atoms with Gasteiger partial charge >= 0.3 is 18.3 Å². The lowest BCUT2D eigenvalue weighted by Crippen LogP contribution is -2.48. The summed E-state index contributed by atoms with van der Waals surface area (Å²) in [6, 6.07) is 3.62. The monoisotopic (exact) mass is 528 g/mol. The van der Waals surface area contributed by atoms with Crippen LogP contribution in [0.4, 0.5) is 34.1 Å². The number of amides is 3. The van der Waals surface area contributed by atoms with E-state index in [0.717, 1.165) is 12.1 Å². The molecule has 0 saturated carbocycles. The van der Waals surface area contributed by atoms with Crippen LogP contribution in [0.2, 0.25) is 5.02 Å². The van der Waals surface area contributed by atoms with Gasteiger partial charge in [0.25, 0.3) is 5.56 Å². The molecule has 2 aliphatic heterocycles. The Hall–Kier alpha value is -3.48. The second-order valence-electron chi connectivity index (χ2n) is 8.57. The summed E-state index contributed by atoms with van der Waals surface area (Å²) in [5, 5.41) is 11.4. The average molecular weight is 529 g/mol. The number of likely N-dealkylation sites (tertiary alicyclic amines) is 1. The summed E-state index contributed by atoms with van der Waals surface area (Å²) in [5.74, 6) is 0. The van der Waals surface area contributed by atoms with Crippen molar-refractivity contribution in [2.45, 2.75) is 37.6 Å². The number of alkyl carbamates (subject to hydrolysis) is 1. The summed E-state index contributed by atoms with van der Waals surface area (Å²) in [4.78, 5) is 39.8. The molecule has 2 fully saturated rings. The zero-order valence-electron chi connectivity index (χ0n) is 19.0. The number of ether oxygens (including phenoxy) is 1. The molecular weight excluding hydrogens is 505 g/mol.